The van der Waals surface area contributed by atoms with E-state index in [9.17, 15) is 4.79 Å². The summed E-state index contributed by atoms with van der Waals surface area (Å²) >= 11 is 0. The largest absolute Gasteiger partial charge is 0.497 e. The summed E-state index contributed by atoms with van der Waals surface area (Å²) in [6.07, 6.45) is 2.60. The fourth-order valence-electron chi connectivity index (χ4n) is 4.18. The number of amides is 1. The molecule has 1 amide bonds. The summed E-state index contributed by atoms with van der Waals surface area (Å²) in [5, 5.41) is 7.51. The molecule has 2 aromatic heterocycles. The smallest absolute Gasteiger partial charge is 0.273 e. The normalized spacial score (nSPS) is 15.4. The van der Waals surface area contributed by atoms with Gasteiger partial charge in [-0.2, -0.15) is 5.10 Å². The number of carbonyl (C=O) groups excluding carboxylic acids is 1. The van der Waals surface area contributed by atoms with E-state index in [1.54, 1.807) is 13.4 Å². The summed E-state index contributed by atoms with van der Waals surface area (Å²) in [6.45, 7) is 2.52. The Morgan fingerprint density at radius 2 is 1.87 bits per heavy atom. The summed E-state index contributed by atoms with van der Waals surface area (Å²) < 4.78 is 10.8. The molecular formula is C25H23N3O3. The molecule has 5 rings (SSSR count). The van der Waals surface area contributed by atoms with Gasteiger partial charge in [0.2, 0.25) is 0 Å². The molecule has 1 aliphatic rings. The highest BCUT2D eigenvalue weighted by atomic mass is 16.5. The van der Waals surface area contributed by atoms with E-state index in [4.69, 9.17) is 9.15 Å². The fourth-order valence-corrected chi connectivity index (χ4v) is 4.18. The Morgan fingerprint density at radius 1 is 1.10 bits per heavy atom. The number of hydrogen-bond donors (Lipinski definition) is 1. The molecule has 0 spiro atoms. The maximum absolute atomic E-state index is 13.4. The summed E-state index contributed by atoms with van der Waals surface area (Å²) in [5.41, 5.74) is 5.44. The van der Waals surface area contributed by atoms with E-state index in [1.807, 2.05) is 41.3 Å². The summed E-state index contributed by atoms with van der Waals surface area (Å²) in [5.74, 6) is 1.44. The quantitative estimate of drug-likeness (QED) is 0.484. The Morgan fingerprint density at radius 3 is 2.52 bits per heavy atom. The summed E-state index contributed by atoms with van der Waals surface area (Å²) in [7, 11) is 1.64. The first-order valence-electron chi connectivity index (χ1n) is 10.3. The Labute approximate surface area is 180 Å². The number of aromatic amines is 1. The zero-order chi connectivity index (χ0) is 21.4. The molecule has 4 aromatic rings. The van der Waals surface area contributed by atoms with Crippen LogP contribution in [-0.2, 0) is 13.0 Å². The van der Waals surface area contributed by atoms with Crippen molar-refractivity contribution < 1.29 is 13.9 Å². The molecule has 1 atom stereocenters. The van der Waals surface area contributed by atoms with Gasteiger partial charge in [0.15, 0.2) is 0 Å². The van der Waals surface area contributed by atoms with Crippen molar-refractivity contribution in [3.8, 4) is 17.0 Å². The van der Waals surface area contributed by atoms with Crippen LogP contribution in [0.15, 0.2) is 71.3 Å². The minimum Gasteiger partial charge on any atom is -0.497 e. The number of methoxy groups -OCH3 is 1. The number of aryl methyl sites for hydroxylation is 1. The average Bonchev–Trinajstić information content (AvgIpc) is 3.54. The van der Waals surface area contributed by atoms with Gasteiger partial charge in [0, 0.05) is 11.1 Å². The molecule has 1 unspecified atom stereocenters. The van der Waals surface area contributed by atoms with Crippen molar-refractivity contribution >= 4 is 5.91 Å². The van der Waals surface area contributed by atoms with Crippen LogP contribution in [0.25, 0.3) is 11.3 Å². The van der Waals surface area contributed by atoms with Gasteiger partial charge in [0.25, 0.3) is 5.91 Å². The minimum atomic E-state index is -0.255. The average molecular weight is 413 g/mol. The SMILES string of the molecule is CCc1ccc(C2c3c(-c4ccc(OC)cc4)n[nH]c3C(=O)N2Cc2ccco2)cc1. The lowest BCUT2D eigenvalue weighted by molar-refractivity contribution is 0.0717. The number of carbonyl (C=O) groups is 1. The first-order valence-corrected chi connectivity index (χ1v) is 10.3. The van der Waals surface area contributed by atoms with Gasteiger partial charge in [-0.25, -0.2) is 0 Å². The lowest BCUT2D eigenvalue weighted by Crippen LogP contribution is -2.29. The van der Waals surface area contributed by atoms with Crippen LogP contribution in [-0.4, -0.2) is 28.1 Å². The molecular weight excluding hydrogens is 390 g/mol. The predicted octanol–water partition coefficient (Wildman–Crippen LogP) is 4.99. The highest BCUT2D eigenvalue weighted by Crippen LogP contribution is 2.43. The molecule has 6 heteroatoms. The summed E-state index contributed by atoms with van der Waals surface area (Å²) in [6, 6.07) is 19.7. The molecule has 0 radical (unpaired) electrons. The Bertz CT molecular complexity index is 1190. The van der Waals surface area contributed by atoms with Gasteiger partial charge in [-0.3, -0.25) is 9.89 Å². The molecule has 31 heavy (non-hydrogen) atoms. The van der Waals surface area contributed by atoms with Crippen LogP contribution in [0.5, 0.6) is 5.75 Å². The predicted molar refractivity (Wildman–Crippen MR) is 117 cm³/mol. The number of nitrogens with one attached hydrogen (secondary N) is 1. The number of ether oxygens (including phenoxy) is 1. The zero-order valence-corrected chi connectivity index (χ0v) is 17.5. The Kier molecular flexibility index (Phi) is 4.82. The van der Waals surface area contributed by atoms with Crippen LogP contribution in [0.3, 0.4) is 0 Å². The number of hydrogen-bond acceptors (Lipinski definition) is 4. The third-order valence-electron chi connectivity index (χ3n) is 5.84. The van der Waals surface area contributed by atoms with Gasteiger partial charge >= 0.3 is 0 Å². The van der Waals surface area contributed by atoms with E-state index in [1.165, 1.54) is 5.56 Å². The van der Waals surface area contributed by atoms with Gasteiger partial charge < -0.3 is 14.1 Å². The highest BCUT2D eigenvalue weighted by molar-refractivity contribution is 6.00. The minimum absolute atomic E-state index is 0.0803. The molecule has 0 fully saturated rings. The van der Waals surface area contributed by atoms with E-state index in [0.29, 0.717) is 12.2 Å². The van der Waals surface area contributed by atoms with Crippen LogP contribution in [0.2, 0.25) is 0 Å². The Hall–Kier alpha value is -3.80. The Balaban J connectivity index is 1.62. The molecule has 1 N–H and O–H groups in total. The number of furan rings is 1. The first-order chi connectivity index (χ1) is 15.2. The van der Waals surface area contributed by atoms with E-state index in [0.717, 1.165) is 40.3 Å². The summed E-state index contributed by atoms with van der Waals surface area (Å²) in [4.78, 5) is 15.2. The van der Waals surface area contributed by atoms with Crippen molar-refractivity contribution in [2.24, 2.45) is 0 Å². The molecule has 0 aliphatic carbocycles. The maximum atomic E-state index is 13.4. The van der Waals surface area contributed by atoms with Gasteiger partial charge in [-0.05, 0) is 53.9 Å². The molecule has 3 heterocycles. The molecule has 156 valence electrons. The number of rotatable bonds is 6. The number of fused-ring (bicyclic) bond motifs is 1. The van der Waals surface area contributed by atoms with E-state index in [-0.39, 0.29) is 11.9 Å². The highest BCUT2D eigenvalue weighted by Gasteiger charge is 2.42. The van der Waals surface area contributed by atoms with Crippen LogP contribution >= 0.6 is 0 Å². The van der Waals surface area contributed by atoms with E-state index >= 15 is 0 Å². The third kappa shape index (κ3) is 3.30. The van der Waals surface area contributed by atoms with E-state index in [2.05, 4.69) is 41.4 Å². The van der Waals surface area contributed by atoms with Gasteiger partial charge in [-0.1, -0.05) is 31.2 Å². The van der Waals surface area contributed by atoms with Gasteiger partial charge in [0.05, 0.1) is 31.7 Å². The maximum Gasteiger partial charge on any atom is 0.273 e. The number of aromatic nitrogens is 2. The lowest BCUT2D eigenvalue weighted by atomic mass is 9.95. The van der Waals surface area contributed by atoms with Crippen molar-refractivity contribution in [2.75, 3.05) is 7.11 Å². The van der Waals surface area contributed by atoms with Crippen molar-refractivity contribution in [3.05, 3.63) is 95.1 Å². The topological polar surface area (TPSA) is 71.4 Å². The van der Waals surface area contributed by atoms with E-state index < -0.39 is 0 Å². The van der Waals surface area contributed by atoms with Gasteiger partial charge in [-0.15, -0.1) is 0 Å². The number of nitrogens with zero attached hydrogens (tertiary/aromatic N) is 2. The van der Waals surface area contributed by atoms with Crippen molar-refractivity contribution in [2.45, 2.75) is 25.9 Å². The molecule has 2 aromatic carbocycles. The second-order valence-corrected chi connectivity index (χ2v) is 7.60. The molecule has 0 bridgehead atoms. The molecule has 0 saturated carbocycles. The van der Waals surface area contributed by atoms with Crippen LogP contribution in [0.4, 0.5) is 0 Å². The monoisotopic (exact) mass is 413 g/mol. The third-order valence-corrected chi connectivity index (χ3v) is 5.84. The van der Waals surface area contributed by atoms with Crippen LogP contribution in [0, 0.1) is 0 Å². The zero-order valence-electron chi connectivity index (χ0n) is 17.5. The van der Waals surface area contributed by atoms with Crippen molar-refractivity contribution in [1.82, 2.24) is 15.1 Å². The number of H-pyrrole nitrogens is 1. The second-order valence-electron chi connectivity index (χ2n) is 7.60. The van der Waals surface area contributed by atoms with Crippen LogP contribution in [0.1, 0.15) is 45.9 Å². The lowest BCUT2D eigenvalue weighted by Gasteiger charge is -2.25. The van der Waals surface area contributed by atoms with Crippen molar-refractivity contribution in [3.63, 3.8) is 0 Å². The van der Waals surface area contributed by atoms with Gasteiger partial charge in [0.1, 0.15) is 17.2 Å². The second kappa shape index (κ2) is 7.80. The van der Waals surface area contributed by atoms with Crippen molar-refractivity contribution in [1.29, 1.82) is 0 Å². The molecule has 0 saturated heterocycles. The standard InChI is InChI=1S/C25H23N3O3/c1-3-16-6-8-18(9-7-16)24-21-22(17-10-12-19(30-2)13-11-17)26-27-23(21)25(29)28(24)15-20-5-4-14-31-20/h4-14,24H,3,15H2,1-2H3,(H,26,27). The fraction of sp³-hybridized carbons (Fsp3) is 0.200. The first kappa shape index (κ1) is 19.2. The number of benzene rings is 2. The molecule has 6 nitrogen and oxygen atoms in total. The molecule has 1 aliphatic heterocycles. The van der Waals surface area contributed by atoms with Crippen LogP contribution < -0.4 is 4.74 Å².